The molecule has 2 aromatic carbocycles. The molecule has 0 amide bonds. The van der Waals surface area contributed by atoms with Gasteiger partial charge in [-0.05, 0) is 40.2 Å². The number of hydrogen-bond acceptors (Lipinski definition) is 2. The van der Waals surface area contributed by atoms with Crippen molar-refractivity contribution >= 4 is 32.8 Å². The summed E-state index contributed by atoms with van der Waals surface area (Å²) in [4.78, 5) is 15.9. The average Bonchev–Trinajstić information content (AvgIpc) is 2.53. The van der Waals surface area contributed by atoms with Crippen LogP contribution in [0.15, 0.2) is 53.0 Å². The topological polar surface area (TPSA) is 50.2 Å². The van der Waals surface area contributed by atoms with Gasteiger partial charge in [0.05, 0.1) is 22.3 Å². The fourth-order valence-corrected chi connectivity index (χ4v) is 2.82. The fourth-order valence-electron chi connectivity index (χ4n) is 2.37. The van der Waals surface area contributed by atoms with E-state index in [4.69, 9.17) is 0 Å². The normalized spacial score (nSPS) is 11.7. The minimum Gasteiger partial charge on any atom is -0.478 e. The number of alkyl halides is 3. The van der Waals surface area contributed by atoms with Crippen LogP contribution in [-0.4, -0.2) is 16.1 Å². The number of rotatable bonds is 2. The number of carboxylic acid groups (broad SMARTS) is 1. The molecule has 3 aromatic rings. The molecule has 7 heteroatoms. The highest BCUT2D eigenvalue weighted by Crippen LogP contribution is 2.32. The number of carboxylic acids is 1. The molecule has 0 fully saturated rings. The lowest BCUT2D eigenvalue weighted by Crippen LogP contribution is -2.04. The van der Waals surface area contributed by atoms with Crippen molar-refractivity contribution in [1.82, 2.24) is 4.98 Å². The van der Waals surface area contributed by atoms with Crippen molar-refractivity contribution in [3.05, 3.63) is 64.1 Å². The molecule has 0 aliphatic carbocycles. The largest absolute Gasteiger partial charge is 0.478 e. The molecule has 0 bridgehead atoms. The van der Waals surface area contributed by atoms with Gasteiger partial charge in [-0.25, -0.2) is 9.78 Å². The van der Waals surface area contributed by atoms with Crippen LogP contribution in [0.4, 0.5) is 13.2 Å². The summed E-state index contributed by atoms with van der Waals surface area (Å²) in [5, 5.41) is 9.86. The Bertz CT molecular complexity index is 937. The van der Waals surface area contributed by atoms with E-state index in [0.29, 0.717) is 26.6 Å². The van der Waals surface area contributed by atoms with Crippen molar-refractivity contribution in [3.63, 3.8) is 0 Å². The molecule has 1 N–H and O–H groups in total. The molecule has 0 unspecified atom stereocenters. The van der Waals surface area contributed by atoms with Crippen LogP contribution in [0.2, 0.25) is 0 Å². The number of para-hydroxylation sites is 1. The maximum absolute atomic E-state index is 12.7. The van der Waals surface area contributed by atoms with Gasteiger partial charge < -0.3 is 5.11 Å². The molecular weight excluding hydrogens is 387 g/mol. The van der Waals surface area contributed by atoms with E-state index < -0.39 is 17.7 Å². The fraction of sp³-hybridized carbons (Fsp3) is 0.0588. The molecular formula is C17H9BrF3NO2. The number of halogens is 4. The first-order valence-corrected chi connectivity index (χ1v) is 7.57. The Labute approximate surface area is 142 Å². The van der Waals surface area contributed by atoms with Crippen LogP contribution in [0.1, 0.15) is 15.9 Å². The number of fused-ring (bicyclic) bond motifs is 1. The average molecular weight is 396 g/mol. The Morgan fingerprint density at radius 1 is 1.08 bits per heavy atom. The minimum atomic E-state index is -4.43. The van der Waals surface area contributed by atoms with E-state index in [9.17, 15) is 23.1 Å². The van der Waals surface area contributed by atoms with Gasteiger partial charge in [-0.3, -0.25) is 0 Å². The zero-order valence-corrected chi connectivity index (χ0v) is 13.5. The molecule has 3 nitrogen and oxygen atoms in total. The van der Waals surface area contributed by atoms with Gasteiger partial charge in [-0.1, -0.05) is 24.3 Å². The van der Waals surface area contributed by atoms with E-state index >= 15 is 0 Å². The van der Waals surface area contributed by atoms with Crippen LogP contribution in [0.5, 0.6) is 0 Å². The van der Waals surface area contributed by atoms with Gasteiger partial charge in [-0.15, -0.1) is 0 Å². The third-order valence-electron chi connectivity index (χ3n) is 3.53. The first-order valence-electron chi connectivity index (χ1n) is 6.77. The highest BCUT2D eigenvalue weighted by atomic mass is 79.9. The van der Waals surface area contributed by atoms with E-state index in [2.05, 4.69) is 20.9 Å². The molecule has 1 aromatic heterocycles. The third kappa shape index (κ3) is 2.99. The summed E-state index contributed by atoms with van der Waals surface area (Å²) in [7, 11) is 0. The summed E-state index contributed by atoms with van der Waals surface area (Å²) in [6.45, 7) is 0. The van der Waals surface area contributed by atoms with Gasteiger partial charge in [-0.2, -0.15) is 13.2 Å². The zero-order valence-electron chi connectivity index (χ0n) is 11.9. The lowest BCUT2D eigenvalue weighted by atomic mass is 10.0. The summed E-state index contributed by atoms with van der Waals surface area (Å²) < 4.78 is 38.6. The molecule has 1 heterocycles. The molecule has 3 rings (SSSR count). The van der Waals surface area contributed by atoms with Crippen molar-refractivity contribution in [3.8, 4) is 11.3 Å². The number of aromatic nitrogens is 1. The third-order valence-corrected chi connectivity index (χ3v) is 4.17. The maximum Gasteiger partial charge on any atom is 0.416 e. The lowest BCUT2D eigenvalue weighted by molar-refractivity contribution is -0.137. The Kier molecular flexibility index (Phi) is 4.04. The quantitative estimate of drug-likeness (QED) is 0.633. The van der Waals surface area contributed by atoms with Gasteiger partial charge in [0.25, 0.3) is 0 Å². The van der Waals surface area contributed by atoms with Crippen LogP contribution in [0.25, 0.3) is 22.2 Å². The van der Waals surface area contributed by atoms with Crippen LogP contribution in [0, 0.1) is 0 Å². The van der Waals surface area contributed by atoms with Crippen molar-refractivity contribution in [2.24, 2.45) is 0 Å². The van der Waals surface area contributed by atoms with Crippen molar-refractivity contribution < 1.29 is 23.1 Å². The van der Waals surface area contributed by atoms with E-state index in [-0.39, 0.29) is 5.56 Å². The van der Waals surface area contributed by atoms with Crippen molar-refractivity contribution in [2.45, 2.75) is 6.18 Å². The number of pyridine rings is 1. The molecule has 24 heavy (non-hydrogen) atoms. The summed E-state index contributed by atoms with van der Waals surface area (Å²) in [6.07, 6.45) is -4.43. The number of aromatic carboxylic acids is 1. The summed E-state index contributed by atoms with van der Waals surface area (Å²) in [6, 6.07) is 10.9. The standard InChI is InChI=1S/C17H9BrF3NO2/c18-13-3-1-2-11-12(16(23)24)8-14(22-15(11)13)9-4-6-10(7-5-9)17(19,20)21/h1-8H,(H,23,24). The van der Waals surface area contributed by atoms with Crippen LogP contribution < -0.4 is 0 Å². The smallest absolute Gasteiger partial charge is 0.416 e. The van der Waals surface area contributed by atoms with Gasteiger partial charge in [0.1, 0.15) is 0 Å². The summed E-state index contributed by atoms with van der Waals surface area (Å²) in [5.74, 6) is -1.13. The van der Waals surface area contributed by atoms with Gasteiger partial charge in [0, 0.05) is 15.4 Å². The highest BCUT2D eigenvalue weighted by molar-refractivity contribution is 9.10. The Balaban J connectivity index is 2.20. The monoisotopic (exact) mass is 395 g/mol. The number of benzene rings is 2. The second kappa shape index (κ2) is 5.90. The van der Waals surface area contributed by atoms with Crippen LogP contribution >= 0.6 is 15.9 Å². The molecule has 0 radical (unpaired) electrons. The molecule has 0 saturated carbocycles. The number of carbonyl (C=O) groups is 1. The molecule has 0 spiro atoms. The summed E-state index contributed by atoms with van der Waals surface area (Å²) >= 11 is 3.32. The Morgan fingerprint density at radius 3 is 2.33 bits per heavy atom. The molecule has 0 atom stereocenters. The van der Waals surface area contributed by atoms with E-state index in [1.54, 1.807) is 18.2 Å². The highest BCUT2D eigenvalue weighted by Gasteiger charge is 2.30. The van der Waals surface area contributed by atoms with E-state index in [1.807, 2.05) is 0 Å². The first-order chi connectivity index (χ1) is 11.3. The molecule has 0 aliphatic heterocycles. The van der Waals surface area contributed by atoms with Crippen LogP contribution in [-0.2, 0) is 6.18 Å². The second-order valence-corrected chi connectivity index (χ2v) is 5.93. The lowest BCUT2D eigenvalue weighted by Gasteiger charge is -2.10. The number of nitrogens with zero attached hydrogens (tertiary/aromatic N) is 1. The van der Waals surface area contributed by atoms with Gasteiger partial charge in [0.15, 0.2) is 0 Å². The Hall–Kier alpha value is -2.41. The first kappa shape index (κ1) is 16.4. The zero-order chi connectivity index (χ0) is 17.5. The molecule has 0 aliphatic rings. The second-order valence-electron chi connectivity index (χ2n) is 5.07. The summed E-state index contributed by atoms with van der Waals surface area (Å²) in [5.41, 5.74) is 0.402. The predicted octanol–water partition coefficient (Wildman–Crippen LogP) is 5.38. The SMILES string of the molecule is O=C(O)c1cc(-c2ccc(C(F)(F)F)cc2)nc2c(Br)cccc12. The van der Waals surface area contributed by atoms with Crippen molar-refractivity contribution in [1.29, 1.82) is 0 Å². The van der Waals surface area contributed by atoms with E-state index in [1.165, 1.54) is 18.2 Å². The Morgan fingerprint density at radius 2 is 1.75 bits per heavy atom. The maximum atomic E-state index is 12.7. The van der Waals surface area contributed by atoms with Gasteiger partial charge in [0.2, 0.25) is 0 Å². The van der Waals surface area contributed by atoms with E-state index in [0.717, 1.165) is 12.1 Å². The van der Waals surface area contributed by atoms with Crippen molar-refractivity contribution in [2.75, 3.05) is 0 Å². The minimum absolute atomic E-state index is 0.0381. The van der Waals surface area contributed by atoms with Gasteiger partial charge >= 0.3 is 12.1 Å². The van der Waals surface area contributed by atoms with Crippen LogP contribution in [0.3, 0.4) is 0 Å². The number of hydrogen-bond donors (Lipinski definition) is 1. The molecule has 122 valence electrons. The molecule has 0 saturated heterocycles. The predicted molar refractivity (Wildman–Crippen MR) is 86.8 cm³/mol.